The Balaban J connectivity index is 1.83. The highest BCUT2D eigenvalue weighted by Crippen LogP contribution is 2.40. The summed E-state index contributed by atoms with van der Waals surface area (Å²) in [6.07, 6.45) is 3.24. The molecule has 1 saturated carbocycles. The number of carboxylic acid groups (broad SMARTS) is 1. The third-order valence-corrected chi connectivity index (χ3v) is 4.44. The fourth-order valence-electron chi connectivity index (χ4n) is 2.80. The Morgan fingerprint density at radius 3 is 2.65 bits per heavy atom. The van der Waals surface area contributed by atoms with Crippen LogP contribution in [0.4, 0.5) is 0 Å². The van der Waals surface area contributed by atoms with Gasteiger partial charge in [0.2, 0.25) is 5.91 Å². The molecule has 1 aliphatic heterocycles. The maximum atomic E-state index is 12.2. The quantitative estimate of drug-likeness (QED) is 0.629. The van der Waals surface area contributed by atoms with E-state index in [1.165, 1.54) is 0 Å². The molecule has 2 rings (SSSR count). The summed E-state index contributed by atoms with van der Waals surface area (Å²) in [4.78, 5) is 23.5. The van der Waals surface area contributed by atoms with Gasteiger partial charge in [-0.15, -0.1) is 0 Å². The van der Waals surface area contributed by atoms with Crippen molar-refractivity contribution in [1.82, 2.24) is 10.6 Å². The highest BCUT2D eigenvalue weighted by Gasteiger charge is 2.45. The van der Waals surface area contributed by atoms with Crippen LogP contribution in [0.5, 0.6) is 0 Å². The molecule has 1 saturated heterocycles. The van der Waals surface area contributed by atoms with Gasteiger partial charge in [-0.25, -0.2) is 0 Å². The minimum atomic E-state index is -0.799. The summed E-state index contributed by atoms with van der Waals surface area (Å²) in [6, 6.07) is 0.0390. The van der Waals surface area contributed by atoms with Crippen LogP contribution in [0.1, 0.15) is 32.6 Å². The Morgan fingerprint density at radius 2 is 2.10 bits per heavy atom. The summed E-state index contributed by atoms with van der Waals surface area (Å²) in [5.41, 5.74) is -0.735. The fourth-order valence-corrected chi connectivity index (χ4v) is 2.80. The van der Waals surface area contributed by atoms with E-state index in [1.54, 1.807) is 0 Å². The standard InChI is InChI=1S/C14H24N2O4/c1-2-6-15-11-8-20-7-10(11)12(17)16-9-14(13(18)19)4-3-5-14/h10-11,15H,2-9H2,1H3,(H,16,17)(H,18,19). The van der Waals surface area contributed by atoms with Crippen molar-refractivity contribution < 1.29 is 19.4 Å². The van der Waals surface area contributed by atoms with E-state index >= 15 is 0 Å². The summed E-state index contributed by atoms with van der Waals surface area (Å²) in [5.74, 6) is -1.11. The van der Waals surface area contributed by atoms with Gasteiger partial charge in [-0.1, -0.05) is 13.3 Å². The molecule has 0 spiro atoms. The number of carbonyl (C=O) groups excluding carboxylic acids is 1. The number of hydrogen-bond acceptors (Lipinski definition) is 4. The minimum Gasteiger partial charge on any atom is -0.481 e. The van der Waals surface area contributed by atoms with Crippen LogP contribution in [0.2, 0.25) is 0 Å². The maximum absolute atomic E-state index is 12.2. The van der Waals surface area contributed by atoms with Crippen LogP contribution in [0.15, 0.2) is 0 Å². The van der Waals surface area contributed by atoms with Gasteiger partial charge in [-0.2, -0.15) is 0 Å². The second-order valence-electron chi connectivity index (χ2n) is 5.86. The molecule has 3 N–H and O–H groups in total. The molecule has 0 aromatic carbocycles. The molecule has 20 heavy (non-hydrogen) atoms. The van der Waals surface area contributed by atoms with E-state index < -0.39 is 11.4 Å². The van der Waals surface area contributed by atoms with Gasteiger partial charge in [-0.05, 0) is 25.8 Å². The SMILES string of the molecule is CCCNC1COCC1C(=O)NCC1(C(=O)O)CCC1. The Morgan fingerprint density at radius 1 is 1.35 bits per heavy atom. The highest BCUT2D eigenvalue weighted by atomic mass is 16.5. The third-order valence-electron chi connectivity index (χ3n) is 4.44. The smallest absolute Gasteiger partial charge is 0.311 e. The number of ether oxygens (including phenoxy) is 1. The van der Waals surface area contributed by atoms with Gasteiger partial charge in [0.25, 0.3) is 0 Å². The zero-order valence-corrected chi connectivity index (χ0v) is 12.0. The molecule has 1 amide bonds. The Labute approximate surface area is 119 Å². The molecule has 2 unspecified atom stereocenters. The third kappa shape index (κ3) is 3.12. The molecule has 114 valence electrons. The molecule has 2 fully saturated rings. The van der Waals surface area contributed by atoms with Gasteiger partial charge < -0.3 is 20.5 Å². The van der Waals surface area contributed by atoms with Crippen LogP contribution >= 0.6 is 0 Å². The summed E-state index contributed by atoms with van der Waals surface area (Å²) in [5, 5.41) is 15.4. The van der Waals surface area contributed by atoms with E-state index in [-0.39, 0.29) is 24.4 Å². The lowest BCUT2D eigenvalue weighted by Crippen LogP contribution is -2.51. The van der Waals surface area contributed by atoms with E-state index in [1.807, 2.05) is 0 Å². The van der Waals surface area contributed by atoms with E-state index in [0.717, 1.165) is 19.4 Å². The molecule has 1 aliphatic carbocycles. The topological polar surface area (TPSA) is 87.7 Å². The lowest BCUT2D eigenvalue weighted by molar-refractivity contribution is -0.154. The van der Waals surface area contributed by atoms with Crippen molar-refractivity contribution in [3.63, 3.8) is 0 Å². The number of carboxylic acids is 1. The molecule has 2 atom stereocenters. The highest BCUT2D eigenvalue weighted by molar-refractivity contribution is 5.82. The van der Waals surface area contributed by atoms with Crippen molar-refractivity contribution in [3.05, 3.63) is 0 Å². The Hall–Kier alpha value is -1.14. The van der Waals surface area contributed by atoms with E-state index in [9.17, 15) is 14.7 Å². The van der Waals surface area contributed by atoms with Crippen molar-refractivity contribution in [1.29, 1.82) is 0 Å². The first-order valence-corrected chi connectivity index (χ1v) is 7.41. The fraction of sp³-hybridized carbons (Fsp3) is 0.857. The first-order valence-electron chi connectivity index (χ1n) is 7.41. The minimum absolute atomic E-state index is 0.0390. The molecule has 6 heteroatoms. The second-order valence-corrected chi connectivity index (χ2v) is 5.86. The summed E-state index contributed by atoms with van der Waals surface area (Å²) in [6.45, 7) is 4.12. The van der Waals surface area contributed by atoms with Gasteiger partial charge in [-0.3, -0.25) is 9.59 Å². The lowest BCUT2D eigenvalue weighted by Gasteiger charge is -2.37. The average Bonchev–Trinajstić information content (AvgIpc) is 2.82. The van der Waals surface area contributed by atoms with Crippen LogP contribution in [-0.2, 0) is 14.3 Å². The molecule has 1 heterocycles. The summed E-state index contributed by atoms with van der Waals surface area (Å²) in [7, 11) is 0. The molecule has 0 radical (unpaired) electrons. The molecule has 0 bridgehead atoms. The van der Waals surface area contributed by atoms with Gasteiger partial charge >= 0.3 is 5.97 Å². The van der Waals surface area contributed by atoms with Gasteiger partial charge in [0.15, 0.2) is 0 Å². The maximum Gasteiger partial charge on any atom is 0.311 e. The first-order chi connectivity index (χ1) is 9.59. The molecular weight excluding hydrogens is 260 g/mol. The Kier molecular flexibility index (Phi) is 4.99. The van der Waals surface area contributed by atoms with Crippen LogP contribution < -0.4 is 10.6 Å². The van der Waals surface area contributed by atoms with E-state index in [4.69, 9.17) is 4.74 Å². The predicted octanol–water partition coefficient (Wildman–Crippen LogP) is 0.372. The zero-order valence-electron chi connectivity index (χ0n) is 12.0. The number of aliphatic carboxylic acids is 1. The first kappa shape index (κ1) is 15.3. The van der Waals surface area contributed by atoms with Crippen LogP contribution in [0.3, 0.4) is 0 Å². The molecule has 0 aromatic rings. The second kappa shape index (κ2) is 6.54. The monoisotopic (exact) mass is 284 g/mol. The number of carbonyl (C=O) groups is 2. The van der Waals surface area contributed by atoms with E-state index in [2.05, 4.69) is 17.6 Å². The molecule has 0 aromatic heterocycles. The average molecular weight is 284 g/mol. The van der Waals surface area contributed by atoms with Crippen molar-refractivity contribution in [2.24, 2.45) is 11.3 Å². The molecular formula is C14H24N2O4. The van der Waals surface area contributed by atoms with E-state index in [0.29, 0.717) is 26.1 Å². The van der Waals surface area contributed by atoms with Gasteiger partial charge in [0.05, 0.1) is 24.5 Å². The summed E-state index contributed by atoms with van der Waals surface area (Å²) >= 11 is 0. The molecule has 6 nitrogen and oxygen atoms in total. The summed E-state index contributed by atoms with van der Waals surface area (Å²) < 4.78 is 5.37. The normalized spacial score (nSPS) is 27.9. The number of amides is 1. The largest absolute Gasteiger partial charge is 0.481 e. The van der Waals surface area contributed by atoms with Crippen LogP contribution in [-0.4, -0.2) is 49.3 Å². The van der Waals surface area contributed by atoms with Crippen molar-refractivity contribution >= 4 is 11.9 Å². The van der Waals surface area contributed by atoms with Gasteiger partial charge in [0.1, 0.15) is 0 Å². The van der Waals surface area contributed by atoms with Crippen molar-refractivity contribution in [2.45, 2.75) is 38.6 Å². The number of hydrogen-bond donors (Lipinski definition) is 3. The van der Waals surface area contributed by atoms with Crippen molar-refractivity contribution in [3.8, 4) is 0 Å². The lowest BCUT2D eigenvalue weighted by atomic mass is 9.68. The Bertz CT molecular complexity index is 368. The number of rotatable bonds is 7. The number of nitrogens with one attached hydrogen (secondary N) is 2. The van der Waals surface area contributed by atoms with Crippen molar-refractivity contribution in [2.75, 3.05) is 26.3 Å². The van der Waals surface area contributed by atoms with Crippen LogP contribution in [0, 0.1) is 11.3 Å². The van der Waals surface area contributed by atoms with Gasteiger partial charge in [0, 0.05) is 12.6 Å². The predicted molar refractivity (Wildman–Crippen MR) is 73.3 cm³/mol. The van der Waals surface area contributed by atoms with Crippen LogP contribution in [0.25, 0.3) is 0 Å². The molecule has 2 aliphatic rings. The zero-order chi connectivity index (χ0) is 14.6.